The Labute approximate surface area is 121 Å². The molecule has 3 nitrogen and oxygen atoms in total. The van der Waals surface area contributed by atoms with Gasteiger partial charge in [0.25, 0.3) is 0 Å². The zero-order valence-corrected chi connectivity index (χ0v) is 12.9. The summed E-state index contributed by atoms with van der Waals surface area (Å²) >= 11 is 3.34. The summed E-state index contributed by atoms with van der Waals surface area (Å²) in [6.07, 6.45) is 1.38. The highest BCUT2D eigenvalue weighted by Crippen LogP contribution is 2.25. The van der Waals surface area contributed by atoms with Gasteiger partial charge in [-0.3, -0.25) is 4.79 Å². The number of benzene rings is 1. The van der Waals surface area contributed by atoms with E-state index in [1.54, 1.807) is 6.07 Å². The quantitative estimate of drug-likeness (QED) is 0.842. The predicted octanol–water partition coefficient (Wildman–Crippen LogP) is 2.97. The second-order valence-corrected chi connectivity index (χ2v) is 5.46. The van der Waals surface area contributed by atoms with E-state index in [9.17, 15) is 9.18 Å². The first-order chi connectivity index (χ1) is 8.99. The van der Waals surface area contributed by atoms with Crippen LogP contribution in [-0.2, 0) is 11.3 Å². The molecule has 1 aromatic carbocycles. The zero-order valence-electron chi connectivity index (χ0n) is 11.3. The Bertz CT molecular complexity index is 439. The van der Waals surface area contributed by atoms with E-state index in [1.165, 1.54) is 12.1 Å². The Hall–Kier alpha value is -0.940. The van der Waals surface area contributed by atoms with Crippen LogP contribution in [-0.4, -0.2) is 12.5 Å². The molecule has 5 heteroatoms. The molecule has 0 unspecified atom stereocenters. The molecule has 0 spiro atoms. The lowest BCUT2D eigenvalue weighted by molar-refractivity contribution is -0.131. The normalized spacial score (nSPS) is 11.4. The molecule has 0 aromatic heterocycles. The van der Waals surface area contributed by atoms with Crippen LogP contribution in [0.5, 0.6) is 0 Å². The SMILES string of the molecule is CCC(CC)(CN)C(=O)NCc1cc(F)ccc1Br. The number of carbonyl (C=O) groups excluding carboxylic acids is 1. The lowest BCUT2D eigenvalue weighted by Gasteiger charge is -2.28. The van der Waals surface area contributed by atoms with Crippen molar-refractivity contribution < 1.29 is 9.18 Å². The van der Waals surface area contributed by atoms with Crippen molar-refractivity contribution in [1.29, 1.82) is 0 Å². The maximum Gasteiger partial charge on any atom is 0.227 e. The van der Waals surface area contributed by atoms with E-state index < -0.39 is 5.41 Å². The molecular formula is C14H20BrFN2O. The van der Waals surface area contributed by atoms with Gasteiger partial charge >= 0.3 is 0 Å². The molecule has 3 N–H and O–H groups in total. The van der Waals surface area contributed by atoms with Gasteiger partial charge in [0.15, 0.2) is 0 Å². The summed E-state index contributed by atoms with van der Waals surface area (Å²) in [7, 11) is 0. The third-order valence-corrected chi connectivity index (χ3v) is 4.45. The van der Waals surface area contributed by atoms with Crippen molar-refractivity contribution in [2.45, 2.75) is 33.2 Å². The molecule has 0 saturated carbocycles. The summed E-state index contributed by atoms with van der Waals surface area (Å²) < 4.78 is 13.9. The first-order valence-corrected chi connectivity index (χ1v) is 7.20. The smallest absolute Gasteiger partial charge is 0.227 e. The molecule has 1 rings (SSSR count). The number of amides is 1. The van der Waals surface area contributed by atoms with Crippen LogP contribution in [0.4, 0.5) is 4.39 Å². The molecule has 1 aromatic rings. The van der Waals surface area contributed by atoms with Gasteiger partial charge in [-0.25, -0.2) is 4.39 Å². The topological polar surface area (TPSA) is 55.1 Å². The molecule has 0 aliphatic rings. The Morgan fingerprint density at radius 2 is 2.05 bits per heavy atom. The summed E-state index contributed by atoms with van der Waals surface area (Å²) in [5.74, 6) is -0.389. The van der Waals surface area contributed by atoms with Gasteiger partial charge in [-0.15, -0.1) is 0 Å². The van der Waals surface area contributed by atoms with Crippen LogP contribution in [0.3, 0.4) is 0 Å². The minimum atomic E-state index is -0.528. The minimum Gasteiger partial charge on any atom is -0.351 e. The van der Waals surface area contributed by atoms with Gasteiger partial charge in [0, 0.05) is 17.6 Å². The Kier molecular flexibility index (Phi) is 5.94. The van der Waals surface area contributed by atoms with E-state index in [0.29, 0.717) is 31.5 Å². The molecule has 0 atom stereocenters. The van der Waals surface area contributed by atoms with Crippen LogP contribution >= 0.6 is 15.9 Å². The first-order valence-electron chi connectivity index (χ1n) is 6.41. The number of nitrogens with one attached hydrogen (secondary N) is 1. The molecule has 0 bridgehead atoms. The number of rotatable bonds is 6. The lowest BCUT2D eigenvalue weighted by Crippen LogP contribution is -2.45. The van der Waals surface area contributed by atoms with Gasteiger partial charge in [-0.1, -0.05) is 29.8 Å². The van der Waals surface area contributed by atoms with Crippen molar-refractivity contribution in [3.05, 3.63) is 34.1 Å². The lowest BCUT2D eigenvalue weighted by atomic mass is 9.81. The van der Waals surface area contributed by atoms with Crippen molar-refractivity contribution in [2.75, 3.05) is 6.54 Å². The Balaban J connectivity index is 2.75. The second kappa shape index (κ2) is 7.01. The molecule has 0 heterocycles. The maximum atomic E-state index is 13.2. The molecule has 0 saturated heterocycles. The molecule has 0 fully saturated rings. The van der Waals surface area contributed by atoms with Crippen molar-refractivity contribution in [1.82, 2.24) is 5.32 Å². The van der Waals surface area contributed by atoms with Gasteiger partial charge in [-0.05, 0) is 36.6 Å². The second-order valence-electron chi connectivity index (χ2n) is 4.61. The fourth-order valence-corrected chi connectivity index (χ4v) is 2.38. The molecule has 1 amide bonds. The number of nitrogens with two attached hydrogens (primary N) is 1. The third-order valence-electron chi connectivity index (χ3n) is 3.67. The number of hydrogen-bond donors (Lipinski definition) is 2. The summed E-state index contributed by atoms with van der Waals surface area (Å²) in [5, 5.41) is 2.85. The monoisotopic (exact) mass is 330 g/mol. The van der Waals surface area contributed by atoms with Gasteiger partial charge in [0.2, 0.25) is 5.91 Å². The largest absolute Gasteiger partial charge is 0.351 e. The summed E-state index contributed by atoms with van der Waals surface area (Å²) in [6.45, 7) is 4.51. The van der Waals surface area contributed by atoms with E-state index in [0.717, 1.165) is 4.47 Å². The number of hydrogen-bond acceptors (Lipinski definition) is 2. The highest BCUT2D eigenvalue weighted by molar-refractivity contribution is 9.10. The van der Waals surface area contributed by atoms with Crippen LogP contribution < -0.4 is 11.1 Å². The van der Waals surface area contributed by atoms with E-state index in [2.05, 4.69) is 21.2 Å². The van der Waals surface area contributed by atoms with Gasteiger partial charge in [0.1, 0.15) is 5.82 Å². The van der Waals surface area contributed by atoms with E-state index in [4.69, 9.17) is 5.73 Å². The molecule has 19 heavy (non-hydrogen) atoms. The van der Waals surface area contributed by atoms with Gasteiger partial charge < -0.3 is 11.1 Å². The zero-order chi connectivity index (χ0) is 14.5. The molecule has 106 valence electrons. The van der Waals surface area contributed by atoms with Crippen LogP contribution in [0.1, 0.15) is 32.3 Å². The van der Waals surface area contributed by atoms with Crippen molar-refractivity contribution in [2.24, 2.45) is 11.1 Å². The average Bonchev–Trinajstić information content (AvgIpc) is 2.42. The van der Waals surface area contributed by atoms with Crippen LogP contribution in [0.25, 0.3) is 0 Å². The van der Waals surface area contributed by atoms with Gasteiger partial charge in [0.05, 0.1) is 5.41 Å². The highest BCUT2D eigenvalue weighted by Gasteiger charge is 2.32. The van der Waals surface area contributed by atoms with E-state index in [1.807, 2.05) is 13.8 Å². The summed E-state index contributed by atoms with van der Waals surface area (Å²) in [4.78, 5) is 12.2. The van der Waals surface area contributed by atoms with Crippen molar-refractivity contribution in [3.8, 4) is 0 Å². The standard InChI is InChI=1S/C14H20BrFN2O/c1-3-14(4-2,9-17)13(19)18-8-10-7-11(16)5-6-12(10)15/h5-7H,3-4,8-9,17H2,1-2H3,(H,18,19). The average molecular weight is 331 g/mol. The van der Waals surface area contributed by atoms with E-state index >= 15 is 0 Å². The minimum absolute atomic E-state index is 0.0730. The Morgan fingerprint density at radius 1 is 1.42 bits per heavy atom. The fourth-order valence-electron chi connectivity index (χ4n) is 1.99. The van der Waals surface area contributed by atoms with Crippen molar-refractivity contribution in [3.63, 3.8) is 0 Å². The van der Waals surface area contributed by atoms with Crippen LogP contribution in [0.2, 0.25) is 0 Å². The van der Waals surface area contributed by atoms with E-state index in [-0.39, 0.29) is 11.7 Å². The molecule has 0 radical (unpaired) electrons. The highest BCUT2D eigenvalue weighted by atomic mass is 79.9. The third kappa shape index (κ3) is 3.76. The Morgan fingerprint density at radius 3 is 2.58 bits per heavy atom. The first kappa shape index (κ1) is 16.1. The maximum absolute atomic E-state index is 13.2. The van der Waals surface area contributed by atoms with Crippen molar-refractivity contribution >= 4 is 21.8 Å². The fraction of sp³-hybridized carbons (Fsp3) is 0.500. The molecule has 0 aliphatic carbocycles. The van der Waals surface area contributed by atoms with Crippen LogP contribution in [0, 0.1) is 11.2 Å². The van der Waals surface area contributed by atoms with Gasteiger partial charge in [-0.2, -0.15) is 0 Å². The number of carbonyl (C=O) groups is 1. The molecular weight excluding hydrogens is 311 g/mol. The van der Waals surface area contributed by atoms with Crippen LogP contribution in [0.15, 0.2) is 22.7 Å². The predicted molar refractivity (Wildman–Crippen MR) is 78.0 cm³/mol. The molecule has 0 aliphatic heterocycles. The summed E-state index contributed by atoms with van der Waals surface area (Å²) in [5.41, 5.74) is 5.91. The summed E-state index contributed by atoms with van der Waals surface area (Å²) in [6, 6.07) is 4.41. The number of halogens is 2.